The lowest BCUT2D eigenvalue weighted by Crippen LogP contribution is -2.38. The third-order valence-electron chi connectivity index (χ3n) is 4.07. The van der Waals surface area contributed by atoms with Gasteiger partial charge in [0.05, 0.1) is 6.20 Å². The highest BCUT2D eigenvalue weighted by Crippen LogP contribution is 2.26. The molecule has 0 radical (unpaired) electrons. The van der Waals surface area contributed by atoms with E-state index in [1.54, 1.807) is 0 Å². The van der Waals surface area contributed by atoms with Gasteiger partial charge in [-0.05, 0) is 38.8 Å². The summed E-state index contributed by atoms with van der Waals surface area (Å²) in [4.78, 5) is 2.44. The molecule has 1 saturated carbocycles. The Morgan fingerprint density at radius 1 is 1.47 bits per heavy atom. The van der Waals surface area contributed by atoms with Crippen molar-refractivity contribution >= 4 is 0 Å². The molecule has 1 aromatic rings. The zero-order valence-corrected chi connectivity index (χ0v) is 12.6. The molecule has 1 heterocycles. The Labute approximate surface area is 117 Å². The van der Waals surface area contributed by atoms with E-state index in [4.69, 9.17) is 0 Å². The van der Waals surface area contributed by atoms with Gasteiger partial charge in [0.25, 0.3) is 0 Å². The highest BCUT2D eigenvalue weighted by Gasteiger charge is 2.27. The quantitative estimate of drug-likeness (QED) is 0.818. The van der Waals surface area contributed by atoms with Gasteiger partial charge in [0, 0.05) is 37.9 Å². The second kappa shape index (κ2) is 7.06. The van der Waals surface area contributed by atoms with Crippen molar-refractivity contribution in [2.75, 3.05) is 20.1 Å². The van der Waals surface area contributed by atoms with E-state index in [1.807, 2.05) is 17.9 Å². The molecule has 19 heavy (non-hydrogen) atoms. The van der Waals surface area contributed by atoms with Gasteiger partial charge in [-0.3, -0.25) is 4.68 Å². The minimum absolute atomic E-state index is 0.733. The zero-order valence-electron chi connectivity index (χ0n) is 12.6. The summed E-state index contributed by atoms with van der Waals surface area (Å²) in [6.45, 7) is 5.60. The van der Waals surface area contributed by atoms with Gasteiger partial charge in [0.2, 0.25) is 0 Å². The van der Waals surface area contributed by atoms with Gasteiger partial charge >= 0.3 is 0 Å². The summed E-state index contributed by atoms with van der Waals surface area (Å²) in [7, 11) is 4.20. The Bertz CT molecular complexity index is 374. The minimum atomic E-state index is 0.733. The fourth-order valence-electron chi connectivity index (χ4n) is 3.18. The summed E-state index contributed by atoms with van der Waals surface area (Å²) in [5.74, 6) is 0.813. The van der Waals surface area contributed by atoms with E-state index in [0.29, 0.717) is 0 Å². The van der Waals surface area contributed by atoms with E-state index in [1.165, 1.54) is 37.8 Å². The standard InChI is InChI=1S/C15H28N4/c1-4-8-16-15-7-5-6-14(15)12-18(2)10-13-9-17-19(3)11-13/h9,11,14-16H,4-8,10,12H2,1-3H3. The van der Waals surface area contributed by atoms with Crippen molar-refractivity contribution in [1.82, 2.24) is 20.0 Å². The molecular formula is C15H28N4. The first-order valence-electron chi connectivity index (χ1n) is 7.58. The number of rotatable bonds is 7. The van der Waals surface area contributed by atoms with Crippen molar-refractivity contribution in [3.05, 3.63) is 18.0 Å². The van der Waals surface area contributed by atoms with Crippen molar-refractivity contribution in [1.29, 1.82) is 0 Å². The summed E-state index contributed by atoms with van der Waals surface area (Å²) in [6.07, 6.45) is 9.42. The van der Waals surface area contributed by atoms with E-state index in [9.17, 15) is 0 Å². The molecule has 108 valence electrons. The topological polar surface area (TPSA) is 33.1 Å². The Kier molecular flexibility index (Phi) is 5.40. The van der Waals surface area contributed by atoms with Gasteiger partial charge in [0.15, 0.2) is 0 Å². The third-order valence-corrected chi connectivity index (χ3v) is 4.07. The Morgan fingerprint density at radius 3 is 3.00 bits per heavy atom. The number of aryl methyl sites for hydroxylation is 1. The lowest BCUT2D eigenvalue weighted by atomic mass is 10.0. The van der Waals surface area contributed by atoms with Crippen LogP contribution >= 0.6 is 0 Å². The summed E-state index contributed by atoms with van der Waals surface area (Å²) in [6, 6.07) is 0.733. The minimum Gasteiger partial charge on any atom is -0.314 e. The van der Waals surface area contributed by atoms with Crippen LogP contribution in [0.3, 0.4) is 0 Å². The SMILES string of the molecule is CCCNC1CCCC1CN(C)Cc1cnn(C)c1. The molecule has 4 heteroatoms. The average molecular weight is 264 g/mol. The first kappa shape index (κ1) is 14.5. The molecule has 1 aromatic heterocycles. The molecule has 0 spiro atoms. The van der Waals surface area contributed by atoms with Crippen LogP contribution < -0.4 is 5.32 Å². The molecule has 0 aliphatic heterocycles. The molecular weight excluding hydrogens is 236 g/mol. The van der Waals surface area contributed by atoms with Crippen molar-refractivity contribution < 1.29 is 0 Å². The van der Waals surface area contributed by atoms with E-state index in [0.717, 1.165) is 25.0 Å². The second-order valence-electron chi connectivity index (χ2n) is 5.97. The molecule has 0 saturated heterocycles. The number of nitrogens with zero attached hydrogens (tertiary/aromatic N) is 3. The van der Waals surface area contributed by atoms with Crippen LogP contribution in [0.25, 0.3) is 0 Å². The van der Waals surface area contributed by atoms with Gasteiger partial charge in [-0.2, -0.15) is 5.10 Å². The smallest absolute Gasteiger partial charge is 0.0534 e. The van der Waals surface area contributed by atoms with Crippen molar-refractivity contribution in [3.8, 4) is 0 Å². The van der Waals surface area contributed by atoms with E-state index in [2.05, 4.69) is 35.5 Å². The van der Waals surface area contributed by atoms with Gasteiger partial charge in [-0.25, -0.2) is 0 Å². The van der Waals surface area contributed by atoms with E-state index in [-0.39, 0.29) is 0 Å². The third kappa shape index (κ3) is 4.32. The predicted molar refractivity (Wildman–Crippen MR) is 79.0 cm³/mol. The summed E-state index contributed by atoms with van der Waals surface area (Å²) >= 11 is 0. The maximum absolute atomic E-state index is 4.23. The molecule has 0 amide bonds. The molecule has 0 bridgehead atoms. The van der Waals surface area contributed by atoms with E-state index >= 15 is 0 Å². The van der Waals surface area contributed by atoms with Crippen molar-refractivity contribution in [2.24, 2.45) is 13.0 Å². The van der Waals surface area contributed by atoms with Crippen LogP contribution in [0, 0.1) is 5.92 Å². The fourth-order valence-corrected chi connectivity index (χ4v) is 3.18. The monoisotopic (exact) mass is 264 g/mol. The van der Waals surface area contributed by atoms with Crippen LogP contribution in [-0.4, -0.2) is 40.9 Å². The number of hydrogen-bond donors (Lipinski definition) is 1. The second-order valence-corrected chi connectivity index (χ2v) is 5.97. The van der Waals surface area contributed by atoms with Gasteiger partial charge in [-0.1, -0.05) is 13.3 Å². The van der Waals surface area contributed by atoms with Crippen LogP contribution in [0.4, 0.5) is 0 Å². The average Bonchev–Trinajstić information content (AvgIpc) is 2.96. The lowest BCUT2D eigenvalue weighted by Gasteiger charge is -2.26. The molecule has 4 nitrogen and oxygen atoms in total. The van der Waals surface area contributed by atoms with Crippen molar-refractivity contribution in [3.63, 3.8) is 0 Å². The molecule has 1 aliphatic carbocycles. The van der Waals surface area contributed by atoms with Gasteiger partial charge in [-0.15, -0.1) is 0 Å². The highest BCUT2D eigenvalue weighted by atomic mass is 15.2. The van der Waals surface area contributed by atoms with Crippen LogP contribution in [0.2, 0.25) is 0 Å². The number of nitrogens with one attached hydrogen (secondary N) is 1. The Hall–Kier alpha value is -0.870. The fraction of sp³-hybridized carbons (Fsp3) is 0.800. The Balaban J connectivity index is 1.79. The first-order chi connectivity index (χ1) is 9.19. The maximum Gasteiger partial charge on any atom is 0.0534 e. The summed E-state index contributed by atoms with van der Waals surface area (Å²) in [5, 5.41) is 7.95. The van der Waals surface area contributed by atoms with Gasteiger partial charge in [0.1, 0.15) is 0 Å². The Morgan fingerprint density at radius 2 is 2.32 bits per heavy atom. The molecule has 1 fully saturated rings. The maximum atomic E-state index is 4.23. The summed E-state index contributed by atoms with van der Waals surface area (Å²) in [5.41, 5.74) is 1.31. The van der Waals surface area contributed by atoms with Crippen LogP contribution in [0.15, 0.2) is 12.4 Å². The van der Waals surface area contributed by atoms with Crippen LogP contribution in [0.5, 0.6) is 0 Å². The molecule has 1 N–H and O–H groups in total. The number of aromatic nitrogens is 2. The van der Waals surface area contributed by atoms with E-state index < -0.39 is 0 Å². The molecule has 0 aromatic carbocycles. The highest BCUT2D eigenvalue weighted by molar-refractivity contribution is 5.03. The van der Waals surface area contributed by atoms with Crippen LogP contribution in [0.1, 0.15) is 38.2 Å². The summed E-state index contributed by atoms with van der Waals surface area (Å²) < 4.78 is 1.88. The zero-order chi connectivity index (χ0) is 13.7. The molecule has 2 atom stereocenters. The van der Waals surface area contributed by atoms with Crippen LogP contribution in [-0.2, 0) is 13.6 Å². The number of hydrogen-bond acceptors (Lipinski definition) is 3. The largest absolute Gasteiger partial charge is 0.314 e. The normalized spacial score (nSPS) is 23.4. The van der Waals surface area contributed by atoms with Gasteiger partial charge < -0.3 is 10.2 Å². The molecule has 2 unspecified atom stereocenters. The molecule has 1 aliphatic rings. The predicted octanol–water partition coefficient (Wildman–Crippen LogP) is 2.02. The first-order valence-corrected chi connectivity index (χ1v) is 7.58. The van der Waals surface area contributed by atoms with Crippen molar-refractivity contribution in [2.45, 2.75) is 45.2 Å². The lowest BCUT2D eigenvalue weighted by molar-refractivity contribution is 0.245. The molecule has 2 rings (SSSR count).